The predicted molar refractivity (Wildman–Crippen MR) is 126 cm³/mol. The number of carbonyl (C=O) groups excluding carboxylic acids is 1. The van der Waals surface area contributed by atoms with E-state index in [1.54, 1.807) is 0 Å². The van der Waals surface area contributed by atoms with E-state index in [0.29, 0.717) is 0 Å². The smallest absolute Gasteiger partial charge is 0.326 e. The van der Waals surface area contributed by atoms with E-state index in [2.05, 4.69) is 4.72 Å². The lowest BCUT2D eigenvalue weighted by atomic mass is 10.1. The number of nitro benzene ring substituents is 2. The Labute approximate surface area is 207 Å². The molecule has 196 valence electrons. The average Bonchev–Trinajstić information content (AvgIpc) is 2.75. The molecule has 0 aromatic heterocycles. The highest BCUT2D eigenvalue weighted by Crippen LogP contribution is 2.25. The van der Waals surface area contributed by atoms with Crippen LogP contribution in [-0.2, 0) is 29.6 Å². The molecule has 2 atom stereocenters. The molecule has 36 heavy (non-hydrogen) atoms. The van der Waals surface area contributed by atoms with Gasteiger partial charge in [-0.25, -0.2) is 21.6 Å². The molecule has 2 aromatic carbocycles. The minimum atomic E-state index is -4.76. The van der Waals surface area contributed by atoms with Gasteiger partial charge in [0, 0.05) is 18.2 Å². The number of hydrogen-bond donors (Lipinski definition) is 2. The Morgan fingerprint density at radius 2 is 1.22 bits per heavy atom. The molecule has 2 N–H and O–H groups in total. The lowest BCUT2D eigenvalue weighted by molar-refractivity contribution is -0.388. The van der Waals surface area contributed by atoms with Crippen LogP contribution >= 0.6 is 0 Å². The van der Waals surface area contributed by atoms with Gasteiger partial charge >= 0.3 is 5.97 Å². The van der Waals surface area contributed by atoms with Crippen LogP contribution in [0, 0.1) is 20.2 Å². The largest absolute Gasteiger partial charge is 0.459 e. The third kappa shape index (κ3) is 7.03. The van der Waals surface area contributed by atoms with Gasteiger partial charge in [-0.05, 0) is 39.8 Å². The molecule has 2 aromatic rings. The van der Waals surface area contributed by atoms with Gasteiger partial charge < -0.3 is 4.74 Å². The Morgan fingerprint density at radius 3 is 1.61 bits per heavy atom. The van der Waals surface area contributed by atoms with Crippen molar-refractivity contribution in [2.75, 3.05) is 0 Å². The number of hydrogen-bond acceptors (Lipinski definition) is 10. The molecule has 2 rings (SSSR count). The first-order valence-electron chi connectivity index (χ1n) is 10.2. The first-order chi connectivity index (χ1) is 16.5. The van der Waals surface area contributed by atoms with Crippen LogP contribution < -0.4 is 9.44 Å². The summed E-state index contributed by atoms with van der Waals surface area (Å²) in [7, 11) is -9.40. The lowest BCUT2D eigenvalue weighted by Crippen LogP contribution is -2.55. The summed E-state index contributed by atoms with van der Waals surface area (Å²) in [4.78, 5) is 32.2. The zero-order valence-electron chi connectivity index (χ0n) is 19.6. The number of sulfonamides is 2. The molecule has 0 saturated heterocycles. The zero-order chi connectivity index (χ0) is 27.5. The Morgan fingerprint density at radius 1 is 0.833 bits per heavy atom. The fraction of sp³-hybridized carbons (Fsp3) is 0.350. The summed E-state index contributed by atoms with van der Waals surface area (Å²) < 4.78 is 61.2. The second-order valence-electron chi connectivity index (χ2n) is 8.49. The van der Waals surface area contributed by atoms with Gasteiger partial charge in [-0.3, -0.25) is 25.0 Å². The van der Waals surface area contributed by atoms with Crippen LogP contribution in [0.3, 0.4) is 0 Å². The standard InChI is InChI=1S/C20H24N4O10S2/c1-13(21-35(30,31)16-11-7-5-9-14(16)23(26)27)18(19(25)34-20(2,3)4)22-36(32,33)17-12-8-6-10-15(17)24(28)29/h5-13,18,21-22H,1-4H3/t13-,18-/m1/s1. The van der Waals surface area contributed by atoms with Crippen LogP contribution in [0.15, 0.2) is 58.3 Å². The molecule has 0 radical (unpaired) electrons. The summed E-state index contributed by atoms with van der Waals surface area (Å²) in [6.07, 6.45) is 0. The van der Waals surface area contributed by atoms with Crippen molar-refractivity contribution in [3.8, 4) is 0 Å². The normalized spacial score (nSPS) is 14.0. The molecule has 14 nitrogen and oxygen atoms in total. The Hall–Kier alpha value is -3.47. The topological polar surface area (TPSA) is 205 Å². The third-order valence-corrected chi connectivity index (χ3v) is 7.58. The number of esters is 1. The Bertz CT molecular complexity index is 1390. The highest BCUT2D eigenvalue weighted by Gasteiger charge is 2.38. The molecule has 0 fully saturated rings. The first-order valence-corrected chi connectivity index (χ1v) is 13.2. The van der Waals surface area contributed by atoms with E-state index in [1.165, 1.54) is 45.0 Å². The number of rotatable bonds is 10. The van der Waals surface area contributed by atoms with Gasteiger partial charge in [-0.1, -0.05) is 24.3 Å². The van der Waals surface area contributed by atoms with E-state index in [0.717, 1.165) is 31.2 Å². The van der Waals surface area contributed by atoms with Crippen molar-refractivity contribution in [1.29, 1.82) is 0 Å². The van der Waals surface area contributed by atoms with Crippen molar-refractivity contribution in [2.24, 2.45) is 0 Å². The minimum Gasteiger partial charge on any atom is -0.459 e. The lowest BCUT2D eigenvalue weighted by Gasteiger charge is -2.28. The number of benzene rings is 2. The number of nitrogens with zero attached hydrogens (tertiary/aromatic N) is 2. The number of carbonyl (C=O) groups is 1. The fourth-order valence-electron chi connectivity index (χ4n) is 3.00. The second kappa shape index (κ2) is 10.7. The van der Waals surface area contributed by atoms with Crippen LogP contribution in [0.25, 0.3) is 0 Å². The maximum atomic E-state index is 13.0. The molecule has 0 aliphatic carbocycles. The number of ether oxygens (including phenoxy) is 1. The SMILES string of the molecule is C[C@@H](NS(=O)(=O)c1ccccc1[N+](=O)[O-])[C@@H](NS(=O)(=O)c1ccccc1[N+](=O)[O-])C(=O)OC(C)(C)C. The quantitative estimate of drug-likeness (QED) is 0.252. The molecule has 0 aliphatic rings. The average molecular weight is 545 g/mol. The highest BCUT2D eigenvalue weighted by molar-refractivity contribution is 7.90. The van der Waals surface area contributed by atoms with Gasteiger partial charge in [-0.2, -0.15) is 4.72 Å². The molecule has 0 spiro atoms. The molecular formula is C20H24N4O10S2. The molecule has 0 aliphatic heterocycles. The van der Waals surface area contributed by atoms with E-state index >= 15 is 0 Å². The van der Waals surface area contributed by atoms with Crippen molar-refractivity contribution < 1.29 is 36.2 Å². The van der Waals surface area contributed by atoms with E-state index in [-0.39, 0.29) is 0 Å². The van der Waals surface area contributed by atoms with Crippen molar-refractivity contribution in [3.63, 3.8) is 0 Å². The first kappa shape index (κ1) is 28.8. The van der Waals surface area contributed by atoms with Gasteiger partial charge in [0.05, 0.1) is 9.85 Å². The highest BCUT2D eigenvalue weighted by atomic mass is 32.2. The van der Waals surface area contributed by atoms with Crippen LogP contribution in [0.4, 0.5) is 11.4 Å². The van der Waals surface area contributed by atoms with Gasteiger partial charge in [0.1, 0.15) is 11.6 Å². The van der Waals surface area contributed by atoms with E-state index in [4.69, 9.17) is 4.74 Å². The van der Waals surface area contributed by atoms with Gasteiger partial charge in [0.2, 0.25) is 20.0 Å². The molecule has 0 bridgehead atoms. The van der Waals surface area contributed by atoms with Crippen LogP contribution in [0.5, 0.6) is 0 Å². The van der Waals surface area contributed by atoms with E-state index in [1.807, 2.05) is 4.72 Å². The number of nitro groups is 2. The van der Waals surface area contributed by atoms with Crippen LogP contribution in [-0.4, -0.2) is 50.3 Å². The maximum absolute atomic E-state index is 13.0. The summed E-state index contributed by atoms with van der Waals surface area (Å²) in [5, 5.41) is 22.6. The summed E-state index contributed by atoms with van der Waals surface area (Å²) in [6, 6.07) is 5.31. The summed E-state index contributed by atoms with van der Waals surface area (Å²) >= 11 is 0. The third-order valence-electron chi connectivity index (χ3n) is 4.49. The monoisotopic (exact) mass is 544 g/mol. The molecule has 16 heteroatoms. The summed E-state index contributed by atoms with van der Waals surface area (Å²) in [6.45, 7) is 5.59. The summed E-state index contributed by atoms with van der Waals surface area (Å²) in [5.74, 6) is -1.19. The minimum absolute atomic E-state index is 0.716. The van der Waals surface area contributed by atoms with Crippen LogP contribution in [0.2, 0.25) is 0 Å². The fourth-order valence-corrected chi connectivity index (χ4v) is 5.86. The van der Waals surface area contributed by atoms with Crippen LogP contribution in [0.1, 0.15) is 27.7 Å². The molecule has 0 amide bonds. The van der Waals surface area contributed by atoms with Crippen molar-refractivity contribution in [2.45, 2.75) is 55.2 Å². The molecule has 0 unspecified atom stereocenters. The van der Waals surface area contributed by atoms with Crippen molar-refractivity contribution >= 4 is 37.4 Å². The van der Waals surface area contributed by atoms with Gasteiger partial charge in [0.15, 0.2) is 9.79 Å². The Balaban J connectivity index is 2.51. The van der Waals surface area contributed by atoms with Crippen molar-refractivity contribution in [3.05, 3.63) is 68.8 Å². The second-order valence-corrected chi connectivity index (χ2v) is 11.9. The summed E-state index contributed by atoms with van der Waals surface area (Å²) in [5.41, 5.74) is -2.64. The maximum Gasteiger partial charge on any atom is 0.326 e. The molecule has 0 saturated carbocycles. The van der Waals surface area contributed by atoms with E-state index in [9.17, 15) is 41.9 Å². The predicted octanol–water partition coefficient (Wildman–Crippen LogP) is 1.86. The van der Waals surface area contributed by atoms with E-state index < -0.39 is 74.7 Å². The molecule has 0 heterocycles. The van der Waals surface area contributed by atoms with Gasteiger partial charge in [-0.15, -0.1) is 0 Å². The number of nitrogens with one attached hydrogen (secondary N) is 2. The number of para-hydroxylation sites is 2. The zero-order valence-corrected chi connectivity index (χ0v) is 21.2. The Kier molecular flexibility index (Phi) is 8.51. The van der Waals surface area contributed by atoms with Gasteiger partial charge in [0.25, 0.3) is 11.4 Å². The molecular weight excluding hydrogens is 520 g/mol. The van der Waals surface area contributed by atoms with Crippen molar-refractivity contribution in [1.82, 2.24) is 9.44 Å².